The van der Waals surface area contributed by atoms with Gasteiger partial charge < -0.3 is 10.6 Å². The predicted octanol–water partition coefficient (Wildman–Crippen LogP) is 2.99. The van der Waals surface area contributed by atoms with E-state index in [1.54, 1.807) is 0 Å². The molecule has 104 valence electrons. The Morgan fingerprint density at radius 1 is 1.53 bits per heavy atom. The molecule has 1 unspecified atom stereocenters. The zero-order chi connectivity index (χ0) is 14.0. The molecule has 1 amide bonds. The second-order valence-electron chi connectivity index (χ2n) is 5.80. The number of nitrogens with zero attached hydrogens (tertiary/aromatic N) is 1. The third-order valence-electron chi connectivity index (χ3n) is 3.84. The summed E-state index contributed by atoms with van der Waals surface area (Å²) < 4.78 is 0. The summed E-state index contributed by atoms with van der Waals surface area (Å²) in [4.78, 5) is 14.5. The number of nitrogens with two attached hydrogens (primary N) is 1. The van der Waals surface area contributed by atoms with Crippen LogP contribution in [0.25, 0.3) is 0 Å². The van der Waals surface area contributed by atoms with Crippen LogP contribution in [0.1, 0.15) is 38.3 Å². The van der Waals surface area contributed by atoms with Gasteiger partial charge in [-0.3, -0.25) is 4.79 Å². The molecule has 0 saturated carbocycles. The van der Waals surface area contributed by atoms with E-state index in [0.717, 1.165) is 30.0 Å². The van der Waals surface area contributed by atoms with Crippen LogP contribution in [0.4, 0.5) is 0 Å². The van der Waals surface area contributed by atoms with Crippen molar-refractivity contribution in [2.75, 3.05) is 13.1 Å². The molecule has 1 heterocycles. The van der Waals surface area contributed by atoms with Crippen LogP contribution < -0.4 is 5.73 Å². The van der Waals surface area contributed by atoms with Crippen LogP contribution in [-0.2, 0) is 4.79 Å². The largest absolute Gasteiger partial charge is 0.335 e. The lowest BCUT2D eigenvalue weighted by atomic mass is 9.91. The fraction of sp³-hybridized carbons (Fsp3) is 0.533. The second kappa shape index (κ2) is 5.51. The summed E-state index contributed by atoms with van der Waals surface area (Å²) in [5, 5.41) is 0.717. The Bertz CT molecular complexity index is 473. The van der Waals surface area contributed by atoms with Gasteiger partial charge in [0.2, 0.25) is 5.91 Å². The maximum Gasteiger partial charge on any atom is 0.230 e. The minimum absolute atomic E-state index is 0.136. The van der Waals surface area contributed by atoms with E-state index in [2.05, 4.69) is 0 Å². The summed E-state index contributed by atoms with van der Waals surface area (Å²) in [5.41, 5.74) is 6.33. The van der Waals surface area contributed by atoms with Gasteiger partial charge in [-0.25, -0.2) is 0 Å². The van der Waals surface area contributed by atoms with Crippen molar-refractivity contribution in [3.8, 4) is 0 Å². The summed E-state index contributed by atoms with van der Waals surface area (Å²) >= 11 is 6.04. The molecule has 2 rings (SSSR count). The Hall–Kier alpha value is -1.06. The normalized spacial score (nSPS) is 19.8. The van der Waals surface area contributed by atoms with Crippen molar-refractivity contribution >= 4 is 17.5 Å². The van der Waals surface area contributed by atoms with Crippen LogP contribution in [0, 0.1) is 5.41 Å². The Balaban J connectivity index is 2.24. The molecule has 1 saturated heterocycles. The van der Waals surface area contributed by atoms with Gasteiger partial charge in [0, 0.05) is 18.1 Å². The Kier molecular flexibility index (Phi) is 4.16. The summed E-state index contributed by atoms with van der Waals surface area (Å²) in [6.45, 7) is 4.98. The number of carbonyl (C=O) groups is 1. The van der Waals surface area contributed by atoms with Gasteiger partial charge in [0.1, 0.15) is 0 Å². The zero-order valence-electron chi connectivity index (χ0n) is 11.5. The van der Waals surface area contributed by atoms with Gasteiger partial charge in [0.05, 0.1) is 11.5 Å². The minimum Gasteiger partial charge on any atom is -0.335 e. The molecule has 0 spiro atoms. The molecule has 1 aliphatic heterocycles. The van der Waals surface area contributed by atoms with Crippen LogP contribution in [0.15, 0.2) is 24.3 Å². The fourth-order valence-electron chi connectivity index (χ4n) is 2.55. The molecule has 2 N–H and O–H groups in total. The molecule has 0 aliphatic carbocycles. The Morgan fingerprint density at radius 2 is 2.26 bits per heavy atom. The topological polar surface area (TPSA) is 46.3 Å². The number of rotatable bonds is 3. The van der Waals surface area contributed by atoms with Crippen LogP contribution >= 0.6 is 11.6 Å². The van der Waals surface area contributed by atoms with Crippen molar-refractivity contribution in [2.45, 2.75) is 32.7 Å². The van der Waals surface area contributed by atoms with E-state index >= 15 is 0 Å². The lowest BCUT2D eigenvalue weighted by Gasteiger charge is -2.32. The van der Waals surface area contributed by atoms with Crippen LogP contribution in [-0.4, -0.2) is 23.9 Å². The summed E-state index contributed by atoms with van der Waals surface area (Å²) in [6.07, 6.45) is 2.02. The minimum atomic E-state index is -0.499. The molecule has 0 bridgehead atoms. The first-order valence-electron chi connectivity index (χ1n) is 6.72. The number of hydrogen-bond acceptors (Lipinski definition) is 2. The van der Waals surface area contributed by atoms with Gasteiger partial charge in [0.25, 0.3) is 0 Å². The molecule has 0 aromatic heterocycles. The molecule has 1 atom stereocenters. The number of carbonyl (C=O) groups excluding carboxylic acids is 1. The molecular weight excluding hydrogens is 260 g/mol. The summed E-state index contributed by atoms with van der Waals surface area (Å²) in [7, 11) is 0. The summed E-state index contributed by atoms with van der Waals surface area (Å²) in [5.74, 6) is 0.137. The highest BCUT2D eigenvalue weighted by molar-refractivity contribution is 6.30. The molecule has 4 heteroatoms. The first-order chi connectivity index (χ1) is 8.95. The number of halogens is 1. The third-order valence-corrected chi connectivity index (χ3v) is 4.07. The highest BCUT2D eigenvalue weighted by Gasteiger charge is 2.37. The SMILES string of the molecule is CC(C)(CN)C(=O)N1CCCC1c1cccc(Cl)c1. The highest BCUT2D eigenvalue weighted by Crippen LogP contribution is 2.35. The van der Waals surface area contributed by atoms with E-state index in [1.165, 1.54) is 0 Å². The zero-order valence-corrected chi connectivity index (χ0v) is 12.3. The third kappa shape index (κ3) is 2.93. The monoisotopic (exact) mass is 280 g/mol. The van der Waals surface area contributed by atoms with E-state index in [4.69, 9.17) is 17.3 Å². The van der Waals surface area contributed by atoms with Gasteiger partial charge in [-0.15, -0.1) is 0 Å². The quantitative estimate of drug-likeness (QED) is 0.925. The first kappa shape index (κ1) is 14.4. The van der Waals surface area contributed by atoms with Crippen molar-refractivity contribution in [3.05, 3.63) is 34.9 Å². The van der Waals surface area contributed by atoms with Crippen LogP contribution in [0.3, 0.4) is 0 Å². The summed E-state index contributed by atoms with van der Waals surface area (Å²) in [6, 6.07) is 7.92. The smallest absolute Gasteiger partial charge is 0.230 e. The molecule has 1 fully saturated rings. The highest BCUT2D eigenvalue weighted by atomic mass is 35.5. The van der Waals surface area contributed by atoms with E-state index in [1.807, 2.05) is 43.0 Å². The molecule has 1 aliphatic rings. The van der Waals surface area contributed by atoms with Gasteiger partial charge in [-0.05, 0) is 44.4 Å². The molecule has 1 aromatic rings. The predicted molar refractivity (Wildman–Crippen MR) is 78.0 cm³/mol. The lowest BCUT2D eigenvalue weighted by molar-refractivity contribution is -0.140. The average molecular weight is 281 g/mol. The number of hydrogen-bond donors (Lipinski definition) is 1. The number of likely N-dealkylation sites (tertiary alicyclic amines) is 1. The maximum atomic E-state index is 12.6. The van der Waals surface area contributed by atoms with Crippen molar-refractivity contribution in [2.24, 2.45) is 11.1 Å². The second-order valence-corrected chi connectivity index (χ2v) is 6.24. The van der Waals surface area contributed by atoms with Crippen molar-refractivity contribution in [1.82, 2.24) is 4.90 Å². The van der Waals surface area contributed by atoms with Gasteiger partial charge in [-0.2, -0.15) is 0 Å². The standard InChI is InChI=1S/C15H21ClN2O/c1-15(2,10-17)14(19)18-8-4-7-13(18)11-5-3-6-12(16)9-11/h3,5-6,9,13H,4,7-8,10,17H2,1-2H3. The van der Waals surface area contributed by atoms with Crippen molar-refractivity contribution in [3.63, 3.8) is 0 Å². The van der Waals surface area contributed by atoms with Crippen LogP contribution in [0.2, 0.25) is 5.02 Å². The molecule has 3 nitrogen and oxygen atoms in total. The molecule has 0 radical (unpaired) electrons. The van der Waals surface area contributed by atoms with Crippen molar-refractivity contribution in [1.29, 1.82) is 0 Å². The van der Waals surface area contributed by atoms with Crippen molar-refractivity contribution < 1.29 is 4.79 Å². The number of amides is 1. The number of benzene rings is 1. The van der Waals surface area contributed by atoms with Gasteiger partial charge >= 0.3 is 0 Å². The van der Waals surface area contributed by atoms with E-state index < -0.39 is 5.41 Å². The molecular formula is C15H21ClN2O. The average Bonchev–Trinajstić information content (AvgIpc) is 2.86. The Morgan fingerprint density at radius 3 is 2.89 bits per heavy atom. The lowest BCUT2D eigenvalue weighted by Crippen LogP contribution is -2.44. The first-order valence-corrected chi connectivity index (χ1v) is 7.10. The molecule has 1 aromatic carbocycles. The maximum absolute atomic E-state index is 12.6. The Labute approximate surface area is 119 Å². The van der Waals surface area contributed by atoms with E-state index in [9.17, 15) is 4.79 Å². The van der Waals surface area contributed by atoms with E-state index in [-0.39, 0.29) is 11.9 Å². The van der Waals surface area contributed by atoms with E-state index in [0.29, 0.717) is 6.54 Å². The van der Waals surface area contributed by atoms with Crippen LogP contribution in [0.5, 0.6) is 0 Å². The van der Waals surface area contributed by atoms with Gasteiger partial charge in [0.15, 0.2) is 0 Å². The molecule has 19 heavy (non-hydrogen) atoms. The fourth-order valence-corrected chi connectivity index (χ4v) is 2.75. The van der Waals surface area contributed by atoms with Gasteiger partial charge in [-0.1, -0.05) is 23.7 Å².